The summed E-state index contributed by atoms with van der Waals surface area (Å²) in [7, 11) is -3.83. The molecule has 9 nitrogen and oxygen atoms in total. The van der Waals surface area contributed by atoms with Crippen LogP contribution in [0.15, 0.2) is 42.5 Å². The van der Waals surface area contributed by atoms with Gasteiger partial charge in [-0.3, -0.25) is 13.9 Å². The fraction of sp³-hybridized carbons (Fsp3) is 0.391. The highest BCUT2D eigenvalue weighted by atomic mass is 32.2. The fourth-order valence-corrected chi connectivity index (χ4v) is 4.56. The van der Waals surface area contributed by atoms with Crippen LogP contribution in [-0.4, -0.2) is 52.3 Å². The first kappa shape index (κ1) is 24.4. The van der Waals surface area contributed by atoms with Crippen LogP contribution in [-0.2, 0) is 14.8 Å². The highest BCUT2D eigenvalue weighted by Crippen LogP contribution is 2.35. The normalized spacial score (nSPS) is 13.8. The van der Waals surface area contributed by atoms with Crippen molar-refractivity contribution in [3.63, 3.8) is 0 Å². The van der Waals surface area contributed by atoms with Crippen molar-refractivity contribution in [2.24, 2.45) is 5.92 Å². The largest absolute Gasteiger partial charge is 0.486 e. The van der Waals surface area contributed by atoms with Gasteiger partial charge in [0.1, 0.15) is 19.3 Å². The Morgan fingerprint density at radius 3 is 2.36 bits per heavy atom. The van der Waals surface area contributed by atoms with Crippen molar-refractivity contribution in [3.05, 3.63) is 48.0 Å². The molecule has 0 fully saturated rings. The molecule has 2 N–H and O–H groups in total. The smallest absolute Gasteiger partial charge is 0.253 e. The molecule has 0 unspecified atom stereocenters. The Morgan fingerprint density at radius 1 is 1.03 bits per heavy atom. The summed E-state index contributed by atoms with van der Waals surface area (Å²) in [6.07, 6.45) is 1.03. The van der Waals surface area contributed by atoms with Gasteiger partial charge in [0, 0.05) is 12.6 Å². The first-order valence-electron chi connectivity index (χ1n) is 10.6. The number of para-hydroxylation sites is 1. The number of nitrogens with zero attached hydrogens (tertiary/aromatic N) is 1. The predicted octanol–water partition coefficient (Wildman–Crippen LogP) is 2.64. The lowest BCUT2D eigenvalue weighted by molar-refractivity contribution is -0.116. The Kier molecular flexibility index (Phi) is 7.47. The maximum Gasteiger partial charge on any atom is 0.253 e. The number of sulfonamides is 1. The zero-order valence-corrected chi connectivity index (χ0v) is 19.9. The zero-order chi connectivity index (χ0) is 24.2. The van der Waals surface area contributed by atoms with E-state index in [1.54, 1.807) is 36.4 Å². The van der Waals surface area contributed by atoms with E-state index in [4.69, 9.17) is 9.47 Å². The van der Waals surface area contributed by atoms with Crippen LogP contribution in [0, 0.1) is 5.92 Å². The molecule has 0 aromatic heterocycles. The van der Waals surface area contributed by atoms with Crippen molar-refractivity contribution in [3.8, 4) is 11.5 Å². The minimum Gasteiger partial charge on any atom is -0.486 e. The number of nitrogens with one attached hydrogen (secondary N) is 2. The average Bonchev–Trinajstić information content (AvgIpc) is 2.76. The second-order valence-electron chi connectivity index (χ2n) is 8.20. The lowest BCUT2D eigenvalue weighted by Gasteiger charge is -2.29. The van der Waals surface area contributed by atoms with E-state index in [-0.39, 0.29) is 17.5 Å². The van der Waals surface area contributed by atoms with Gasteiger partial charge in [0.05, 0.1) is 23.2 Å². The molecule has 10 heteroatoms. The number of amides is 2. The summed E-state index contributed by atoms with van der Waals surface area (Å²) in [5, 5.41) is 5.52. The molecule has 2 aromatic rings. The number of hydrogen-bond acceptors (Lipinski definition) is 6. The summed E-state index contributed by atoms with van der Waals surface area (Å²) >= 11 is 0. The minimum atomic E-state index is -3.83. The molecule has 33 heavy (non-hydrogen) atoms. The zero-order valence-electron chi connectivity index (χ0n) is 19.1. The van der Waals surface area contributed by atoms with E-state index < -0.39 is 22.0 Å². The first-order valence-corrected chi connectivity index (χ1v) is 12.5. The van der Waals surface area contributed by atoms with Crippen LogP contribution in [0.5, 0.6) is 11.5 Å². The number of benzene rings is 2. The summed E-state index contributed by atoms with van der Waals surface area (Å²) in [6.45, 7) is 6.69. The fourth-order valence-electron chi connectivity index (χ4n) is 3.40. The van der Waals surface area contributed by atoms with Crippen molar-refractivity contribution in [2.75, 3.05) is 35.6 Å². The van der Waals surface area contributed by atoms with Gasteiger partial charge in [-0.2, -0.15) is 0 Å². The van der Waals surface area contributed by atoms with Gasteiger partial charge in [-0.15, -0.1) is 0 Å². The molecule has 0 bridgehead atoms. The molecule has 178 valence electrons. The molecular weight excluding hydrogens is 446 g/mol. The summed E-state index contributed by atoms with van der Waals surface area (Å²) in [5.41, 5.74) is 0.863. The lowest BCUT2D eigenvalue weighted by Crippen LogP contribution is -2.45. The molecule has 0 aliphatic carbocycles. The summed E-state index contributed by atoms with van der Waals surface area (Å²) in [4.78, 5) is 25.7. The quantitative estimate of drug-likeness (QED) is 0.607. The average molecular weight is 476 g/mol. The van der Waals surface area contributed by atoms with Crippen molar-refractivity contribution in [1.82, 2.24) is 5.32 Å². The van der Waals surface area contributed by atoms with Crippen LogP contribution in [0.25, 0.3) is 0 Å². The van der Waals surface area contributed by atoms with E-state index in [2.05, 4.69) is 10.6 Å². The molecular formula is C23H29N3O6S. The number of rotatable bonds is 8. The number of fused-ring (bicyclic) bond motifs is 1. The Labute approximate surface area is 194 Å². The van der Waals surface area contributed by atoms with Crippen LogP contribution in [0.1, 0.15) is 31.1 Å². The van der Waals surface area contributed by atoms with Crippen molar-refractivity contribution in [1.29, 1.82) is 0 Å². The second-order valence-corrected chi connectivity index (χ2v) is 10.1. The molecule has 0 radical (unpaired) electrons. The number of carbonyl (C=O) groups is 2. The van der Waals surface area contributed by atoms with Gasteiger partial charge < -0.3 is 20.1 Å². The van der Waals surface area contributed by atoms with Crippen molar-refractivity contribution in [2.45, 2.75) is 26.8 Å². The minimum absolute atomic E-state index is 0.269. The number of hydrogen-bond donors (Lipinski definition) is 2. The molecule has 2 amide bonds. The molecule has 3 rings (SSSR count). The number of carbonyl (C=O) groups excluding carboxylic acids is 2. The highest BCUT2D eigenvalue weighted by Gasteiger charge is 2.31. The Bertz CT molecular complexity index is 1130. The van der Waals surface area contributed by atoms with Crippen molar-refractivity contribution < 1.29 is 27.5 Å². The molecule has 1 aliphatic heterocycles. The molecule has 1 aliphatic rings. The lowest BCUT2D eigenvalue weighted by atomic mass is 10.1. The molecule has 1 atom stereocenters. The maximum atomic E-state index is 13.1. The summed E-state index contributed by atoms with van der Waals surface area (Å²) in [5.74, 6) is 0.285. The molecule has 0 spiro atoms. The first-order chi connectivity index (χ1) is 15.6. The topological polar surface area (TPSA) is 114 Å². The van der Waals surface area contributed by atoms with Gasteiger partial charge in [0.15, 0.2) is 11.5 Å². The van der Waals surface area contributed by atoms with Gasteiger partial charge in [0.2, 0.25) is 15.9 Å². The third-order valence-electron chi connectivity index (χ3n) is 4.97. The second kappa shape index (κ2) is 10.1. The van der Waals surface area contributed by atoms with Gasteiger partial charge >= 0.3 is 0 Å². The third kappa shape index (κ3) is 5.95. The standard InChI is InChI=1S/C23H29N3O6S/c1-15(2)14-24-23(28)18-7-5-6-8-19(18)25-22(27)16(3)26(33(4,29)30)17-9-10-20-21(13-17)32-12-11-31-20/h5-10,13,15-16H,11-12,14H2,1-4H3,(H,24,28)(H,25,27)/t16-/m1/s1. The van der Waals surface area contributed by atoms with E-state index in [9.17, 15) is 18.0 Å². The van der Waals surface area contributed by atoms with Crippen LogP contribution < -0.4 is 24.4 Å². The predicted molar refractivity (Wildman–Crippen MR) is 126 cm³/mol. The van der Waals surface area contributed by atoms with Gasteiger partial charge in [0.25, 0.3) is 5.91 Å². The Balaban J connectivity index is 1.85. The summed E-state index contributed by atoms with van der Waals surface area (Å²) in [6, 6.07) is 10.2. The van der Waals surface area contributed by atoms with E-state index in [1.807, 2.05) is 13.8 Å². The van der Waals surface area contributed by atoms with E-state index in [1.165, 1.54) is 13.0 Å². The van der Waals surface area contributed by atoms with Gasteiger partial charge in [-0.1, -0.05) is 26.0 Å². The Hall–Kier alpha value is -3.27. The van der Waals surface area contributed by atoms with Gasteiger partial charge in [-0.25, -0.2) is 8.42 Å². The highest BCUT2D eigenvalue weighted by molar-refractivity contribution is 7.92. The van der Waals surface area contributed by atoms with Crippen molar-refractivity contribution >= 4 is 33.2 Å². The van der Waals surface area contributed by atoms with E-state index in [0.29, 0.717) is 42.5 Å². The van der Waals surface area contributed by atoms with Crippen LogP contribution in [0.2, 0.25) is 0 Å². The van der Waals surface area contributed by atoms with E-state index >= 15 is 0 Å². The third-order valence-corrected chi connectivity index (χ3v) is 6.21. The molecule has 0 saturated heterocycles. The summed E-state index contributed by atoms with van der Waals surface area (Å²) < 4.78 is 37.3. The van der Waals surface area contributed by atoms with E-state index in [0.717, 1.165) is 10.6 Å². The molecule has 2 aromatic carbocycles. The molecule has 1 heterocycles. The van der Waals surface area contributed by atoms with Gasteiger partial charge in [-0.05, 0) is 37.1 Å². The SMILES string of the molecule is CC(C)CNC(=O)c1ccccc1NC(=O)[C@@H](C)N(c1ccc2c(c1)OCCO2)S(C)(=O)=O. The monoisotopic (exact) mass is 475 g/mol. The maximum absolute atomic E-state index is 13.1. The van der Waals surface area contributed by atoms with Crippen LogP contribution in [0.4, 0.5) is 11.4 Å². The van der Waals surface area contributed by atoms with Crippen LogP contribution in [0.3, 0.4) is 0 Å². The number of ether oxygens (including phenoxy) is 2. The van der Waals surface area contributed by atoms with Crippen LogP contribution >= 0.6 is 0 Å². The Morgan fingerprint density at radius 2 is 1.70 bits per heavy atom. The number of anilines is 2. The molecule has 0 saturated carbocycles.